The number of hydrogen-bond donors (Lipinski definition) is 1. The molecule has 0 aliphatic carbocycles. The van der Waals surface area contributed by atoms with Crippen LogP contribution < -0.4 is 5.32 Å². The van der Waals surface area contributed by atoms with Crippen molar-refractivity contribution in [3.8, 4) is 0 Å². The fourth-order valence-corrected chi connectivity index (χ4v) is 2.13. The van der Waals surface area contributed by atoms with E-state index in [1.54, 1.807) is 0 Å². The molecule has 1 rings (SSSR count). The molecule has 0 saturated heterocycles. The number of nitrogens with one attached hydrogen (secondary N) is 1. The number of benzene rings is 1. The first-order valence-electron chi connectivity index (χ1n) is 6.74. The Hall–Kier alpha value is -0.530. The lowest BCUT2D eigenvalue weighted by atomic mass is 10.0. The first kappa shape index (κ1) is 14.5. The van der Waals surface area contributed by atoms with Gasteiger partial charge in [0.1, 0.15) is 0 Å². The van der Waals surface area contributed by atoms with Gasteiger partial charge in [0.25, 0.3) is 0 Å². The van der Waals surface area contributed by atoms with Crippen LogP contribution in [0.15, 0.2) is 24.3 Å². The SMILES string of the molecule is CCCNC(CC)CCCc1ccc(Cl)cc1. The molecule has 1 nitrogen and oxygen atoms in total. The molecule has 0 aliphatic heterocycles. The Balaban J connectivity index is 2.23. The molecule has 1 aromatic rings. The third-order valence-electron chi connectivity index (χ3n) is 3.11. The normalized spacial score (nSPS) is 12.6. The Morgan fingerprint density at radius 1 is 1.18 bits per heavy atom. The second-order valence-corrected chi connectivity index (χ2v) is 5.01. The molecule has 1 aromatic carbocycles. The van der Waals surface area contributed by atoms with Crippen LogP contribution in [0.5, 0.6) is 0 Å². The highest BCUT2D eigenvalue weighted by Gasteiger charge is 2.04. The molecule has 0 aliphatic rings. The predicted molar refractivity (Wildman–Crippen MR) is 76.8 cm³/mol. The molecule has 0 amide bonds. The van der Waals surface area contributed by atoms with E-state index in [1.165, 1.54) is 31.2 Å². The monoisotopic (exact) mass is 253 g/mol. The fraction of sp³-hybridized carbons (Fsp3) is 0.600. The molecule has 1 N–H and O–H groups in total. The molecule has 2 heteroatoms. The van der Waals surface area contributed by atoms with E-state index < -0.39 is 0 Å². The maximum Gasteiger partial charge on any atom is 0.0406 e. The molecule has 0 aromatic heterocycles. The van der Waals surface area contributed by atoms with E-state index in [4.69, 9.17) is 11.6 Å². The second kappa shape index (κ2) is 8.54. The average molecular weight is 254 g/mol. The van der Waals surface area contributed by atoms with Gasteiger partial charge in [-0.15, -0.1) is 0 Å². The van der Waals surface area contributed by atoms with E-state index in [2.05, 4.69) is 31.3 Å². The zero-order chi connectivity index (χ0) is 12.5. The summed E-state index contributed by atoms with van der Waals surface area (Å²) in [5, 5.41) is 4.42. The van der Waals surface area contributed by atoms with Crippen molar-refractivity contribution in [2.75, 3.05) is 6.54 Å². The van der Waals surface area contributed by atoms with Crippen LogP contribution in [0.1, 0.15) is 45.1 Å². The van der Waals surface area contributed by atoms with Gasteiger partial charge in [-0.2, -0.15) is 0 Å². The molecule has 0 saturated carbocycles. The Labute approximate surface area is 111 Å². The largest absolute Gasteiger partial charge is 0.314 e. The zero-order valence-electron chi connectivity index (χ0n) is 11.0. The molecule has 96 valence electrons. The summed E-state index contributed by atoms with van der Waals surface area (Å²) in [6, 6.07) is 8.89. The number of halogens is 1. The Bertz CT molecular complexity index is 294. The van der Waals surface area contributed by atoms with Crippen LogP contribution >= 0.6 is 11.6 Å². The lowest BCUT2D eigenvalue weighted by molar-refractivity contribution is 0.456. The van der Waals surface area contributed by atoms with Gasteiger partial charge >= 0.3 is 0 Å². The molecule has 0 bridgehead atoms. The van der Waals surface area contributed by atoms with Crippen LogP contribution in [0, 0.1) is 0 Å². The van der Waals surface area contributed by atoms with Crippen molar-refractivity contribution in [1.29, 1.82) is 0 Å². The topological polar surface area (TPSA) is 12.0 Å². The standard InChI is InChI=1S/C15H24ClN/c1-3-12-17-15(4-2)7-5-6-13-8-10-14(16)11-9-13/h8-11,15,17H,3-7,12H2,1-2H3. The quantitative estimate of drug-likeness (QED) is 0.722. The number of rotatable bonds is 8. The molecule has 0 heterocycles. The summed E-state index contributed by atoms with van der Waals surface area (Å²) in [7, 11) is 0. The zero-order valence-corrected chi connectivity index (χ0v) is 11.8. The summed E-state index contributed by atoms with van der Waals surface area (Å²) in [4.78, 5) is 0. The molecule has 0 fully saturated rings. The maximum absolute atomic E-state index is 5.87. The van der Waals surface area contributed by atoms with E-state index in [-0.39, 0.29) is 0 Å². The van der Waals surface area contributed by atoms with Crippen molar-refractivity contribution in [2.45, 2.75) is 52.0 Å². The van der Waals surface area contributed by atoms with Gasteiger partial charge in [0, 0.05) is 11.1 Å². The van der Waals surface area contributed by atoms with E-state index in [0.717, 1.165) is 18.0 Å². The van der Waals surface area contributed by atoms with Gasteiger partial charge in [-0.25, -0.2) is 0 Å². The van der Waals surface area contributed by atoms with E-state index >= 15 is 0 Å². The van der Waals surface area contributed by atoms with Crippen molar-refractivity contribution in [1.82, 2.24) is 5.32 Å². The lowest BCUT2D eigenvalue weighted by Gasteiger charge is -2.16. The Morgan fingerprint density at radius 2 is 1.88 bits per heavy atom. The molecular formula is C15H24ClN. The summed E-state index contributed by atoms with van der Waals surface area (Å²) in [5.74, 6) is 0. The highest BCUT2D eigenvalue weighted by Crippen LogP contribution is 2.12. The van der Waals surface area contributed by atoms with Crippen LogP contribution in [0.4, 0.5) is 0 Å². The van der Waals surface area contributed by atoms with Gasteiger partial charge in [-0.1, -0.05) is 37.6 Å². The van der Waals surface area contributed by atoms with Crippen molar-refractivity contribution in [2.24, 2.45) is 0 Å². The molecule has 1 unspecified atom stereocenters. The van der Waals surface area contributed by atoms with Crippen LogP contribution in [0.25, 0.3) is 0 Å². The smallest absolute Gasteiger partial charge is 0.0406 e. The highest BCUT2D eigenvalue weighted by molar-refractivity contribution is 6.30. The summed E-state index contributed by atoms with van der Waals surface area (Å²) in [5.41, 5.74) is 1.39. The minimum atomic E-state index is 0.683. The Kier molecular flexibility index (Phi) is 7.30. The third kappa shape index (κ3) is 6.09. The third-order valence-corrected chi connectivity index (χ3v) is 3.36. The summed E-state index contributed by atoms with van der Waals surface area (Å²) in [6.07, 6.45) is 6.10. The van der Waals surface area contributed by atoms with Gasteiger partial charge in [0.05, 0.1) is 0 Å². The minimum Gasteiger partial charge on any atom is -0.314 e. The van der Waals surface area contributed by atoms with Gasteiger partial charge < -0.3 is 5.32 Å². The molecule has 1 atom stereocenters. The van der Waals surface area contributed by atoms with Crippen molar-refractivity contribution < 1.29 is 0 Å². The lowest BCUT2D eigenvalue weighted by Crippen LogP contribution is -2.29. The van der Waals surface area contributed by atoms with Gasteiger partial charge in [-0.05, 0) is 56.3 Å². The van der Waals surface area contributed by atoms with Gasteiger partial charge in [0.15, 0.2) is 0 Å². The molecule has 0 spiro atoms. The summed E-state index contributed by atoms with van der Waals surface area (Å²) in [6.45, 7) is 5.61. The van der Waals surface area contributed by atoms with E-state index in [9.17, 15) is 0 Å². The van der Waals surface area contributed by atoms with Gasteiger partial charge in [-0.3, -0.25) is 0 Å². The predicted octanol–water partition coefficient (Wildman–Crippen LogP) is 4.44. The summed E-state index contributed by atoms with van der Waals surface area (Å²) >= 11 is 5.87. The highest BCUT2D eigenvalue weighted by atomic mass is 35.5. The first-order valence-corrected chi connectivity index (χ1v) is 7.11. The van der Waals surface area contributed by atoms with Crippen molar-refractivity contribution in [3.05, 3.63) is 34.9 Å². The van der Waals surface area contributed by atoms with E-state index in [1.807, 2.05) is 12.1 Å². The average Bonchev–Trinajstić information content (AvgIpc) is 2.36. The van der Waals surface area contributed by atoms with Crippen LogP contribution in [-0.2, 0) is 6.42 Å². The van der Waals surface area contributed by atoms with Crippen LogP contribution in [0.3, 0.4) is 0 Å². The van der Waals surface area contributed by atoms with Crippen molar-refractivity contribution in [3.63, 3.8) is 0 Å². The Morgan fingerprint density at radius 3 is 2.47 bits per heavy atom. The van der Waals surface area contributed by atoms with E-state index in [0.29, 0.717) is 6.04 Å². The first-order chi connectivity index (χ1) is 8.26. The molecular weight excluding hydrogens is 230 g/mol. The van der Waals surface area contributed by atoms with Gasteiger partial charge in [0.2, 0.25) is 0 Å². The van der Waals surface area contributed by atoms with Crippen LogP contribution in [-0.4, -0.2) is 12.6 Å². The minimum absolute atomic E-state index is 0.683. The number of hydrogen-bond acceptors (Lipinski definition) is 1. The van der Waals surface area contributed by atoms with Crippen LogP contribution in [0.2, 0.25) is 5.02 Å². The second-order valence-electron chi connectivity index (χ2n) is 4.58. The molecule has 17 heavy (non-hydrogen) atoms. The van der Waals surface area contributed by atoms with Crippen molar-refractivity contribution >= 4 is 11.6 Å². The maximum atomic E-state index is 5.87. The fourth-order valence-electron chi connectivity index (χ4n) is 2.00. The summed E-state index contributed by atoms with van der Waals surface area (Å²) < 4.78 is 0. The molecule has 0 radical (unpaired) electrons. The number of aryl methyl sites for hydroxylation is 1.